The van der Waals surface area contributed by atoms with Crippen LogP contribution < -0.4 is 15.5 Å². The van der Waals surface area contributed by atoms with Gasteiger partial charge in [0.1, 0.15) is 17.1 Å². The molecule has 2 aromatic heterocycles. The largest absolute Gasteiger partial charge is 0.444 e. The highest BCUT2D eigenvalue weighted by molar-refractivity contribution is 9.10. The van der Waals surface area contributed by atoms with E-state index in [0.717, 1.165) is 46.3 Å². The third kappa shape index (κ3) is 5.15. The average molecular weight is 504 g/mol. The zero-order valence-electron chi connectivity index (χ0n) is 18.3. The number of rotatable bonds is 4. The number of ether oxygens (including phenoxy) is 1. The van der Waals surface area contributed by atoms with Crippen LogP contribution in [0.1, 0.15) is 33.6 Å². The van der Waals surface area contributed by atoms with Crippen LogP contribution in [0, 0.1) is 5.82 Å². The maximum atomic E-state index is 13.7. The Kier molecular flexibility index (Phi) is 6.28. The van der Waals surface area contributed by atoms with E-state index in [1.807, 2.05) is 33.0 Å². The van der Waals surface area contributed by atoms with Gasteiger partial charge in [0.2, 0.25) is 0 Å². The van der Waals surface area contributed by atoms with E-state index in [9.17, 15) is 9.18 Å². The molecule has 0 saturated carbocycles. The molecule has 1 fully saturated rings. The van der Waals surface area contributed by atoms with Crippen LogP contribution in [0.5, 0.6) is 0 Å². The summed E-state index contributed by atoms with van der Waals surface area (Å²) >= 11 is 3.66. The molecule has 170 valence electrons. The van der Waals surface area contributed by atoms with E-state index in [4.69, 9.17) is 4.74 Å². The molecule has 3 heterocycles. The molecule has 1 aliphatic rings. The highest BCUT2D eigenvalue weighted by Gasteiger charge is 2.27. The number of fused-ring (bicyclic) bond motifs is 1. The summed E-state index contributed by atoms with van der Waals surface area (Å²) in [6.45, 7) is 7.03. The summed E-state index contributed by atoms with van der Waals surface area (Å²) < 4.78 is 19.9. The molecule has 4 rings (SSSR count). The van der Waals surface area contributed by atoms with Crippen LogP contribution in [0.4, 0.5) is 26.2 Å². The van der Waals surface area contributed by atoms with Crippen molar-refractivity contribution in [3.05, 3.63) is 46.9 Å². The molecule has 1 aliphatic heterocycles. The highest BCUT2D eigenvalue weighted by Crippen LogP contribution is 2.39. The van der Waals surface area contributed by atoms with Gasteiger partial charge in [0.15, 0.2) is 0 Å². The predicted octanol–water partition coefficient (Wildman–Crippen LogP) is 5.70. The van der Waals surface area contributed by atoms with Crippen molar-refractivity contribution in [3.63, 3.8) is 0 Å². The lowest BCUT2D eigenvalue weighted by Crippen LogP contribution is -2.49. The molecule has 1 unspecified atom stereocenters. The first-order valence-electron chi connectivity index (χ1n) is 10.6. The number of alkyl carbamates (subject to hydrolysis) is 1. The van der Waals surface area contributed by atoms with Crippen LogP contribution in [-0.2, 0) is 4.74 Å². The van der Waals surface area contributed by atoms with Gasteiger partial charge in [-0.1, -0.05) is 6.07 Å². The predicted molar refractivity (Wildman–Crippen MR) is 128 cm³/mol. The Morgan fingerprint density at radius 2 is 2.19 bits per heavy atom. The fourth-order valence-electron chi connectivity index (χ4n) is 3.96. The minimum Gasteiger partial charge on any atom is -0.444 e. The summed E-state index contributed by atoms with van der Waals surface area (Å²) in [4.78, 5) is 22.2. The normalized spacial score (nSPS) is 16.8. The number of hydrogen-bond donors (Lipinski definition) is 3. The van der Waals surface area contributed by atoms with Gasteiger partial charge in [-0.15, -0.1) is 0 Å². The smallest absolute Gasteiger partial charge is 0.407 e. The number of hydrogen-bond acceptors (Lipinski definition) is 5. The van der Waals surface area contributed by atoms with Crippen LogP contribution in [0.25, 0.3) is 11.0 Å². The number of H-pyrrole nitrogens is 1. The minimum atomic E-state index is -0.540. The number of aromatic nitrogens is 2. The molecule has 1 aromatic carbocycles. The Balaban J connectivity index is 1.61. The highest BCUT2D eigenvalue weighted by atomic mass is 79.9. The molecule has 1 atom stereocenters. The van der Waals surface area contributed by atoms with Gasteiger partial charge in [-0.2, -0.15) is 0 Å². The Hall–Kier alpha value is -2.81. The van der Waals surface area contributed by atoms with E-state index >= 15 is 0 Å². The average Bonchev–Trinajstić information content (AvgIpc) is 3.09. The van der Waals surface area contributed by atoms with Crippen LogP contribution in [-0.4, -0.2) is 40.8 Å². The molecular formula is C23H27BrFN5O2. The lowest BCUT2D eigenvalue weighted by atomic mass is 10.0. The van der Waals surface area contributed by atoms with Gasteiger partial charge in [-0.3, -0.25) is 0 Å². The summed E-state index contributed by atoms with van der Waals surface area (Å²) in [5.41, 5.74) is 2.62. The first-order valence-corrected chi connectivity index (χ1v) is 11.4. The van der Waals surface area contributed by atoms with Crippen molar-refractivity contribution in [1.29, 1.82) is 0 Å². The fraction of sp³-hybridized carbons (Fsp3) is 0.391. The number of nitrogens with zero attached hydrogens (tertiary/aromatic N) is 2. The lowest BCUT2D eigenvalue weighted by Gasteiger charge is -2.36. The van der Waals surface area contributed by atoms with Gasteiger partial charge in [0, 0.05) is 37.2 Å². The van der Waals surface area contributed by atoms with Gasteiger partial charge in [0.25, 0.3) is 0 Å². The number of amides is 1. The standard InChI is InChI=1S/C23H27BrFN5O2/c1-23(2,3)32-22(31)29-16-8-5-9-30(13-16)20-17(24)11-26-21-19(20)18(12-27-21)28-15-7-4-6-14(25)10-15/h4,6-7,10-12,16,28H,5,8-9,13H2,1-3H3,(H,26,27)(H,29,31). The topological polar surface area (TPSA) is 82.3 Å². The summed E-state index contributed by atoms with van der Waals surface area (Å²) in [6.07, 6.45) is 5.00. The maximum Gasteiger partial charge on any atom is 0.407 e. The monoisotopic (exact) mass is 503 g/mol. The van der Waals surface area contributed by atoms with E-state index in [0.29, 0.717) is 12.2 Å². The van der Waals surface area contributed by atoms with Crippen molar-refractivity contribution < 1.29 is 13.9 Å². The zero-order chi connectivity index (χ0) is 22.9. The number of anilines is 3. The van der Waals surface area contributed by atoms with Gasteiger partial charge in [0.05, 0.1) is 21.2 Å². The van der Waals surface area contributed by atoms with E-state index < -0.39 is 11.7 Å². The second kappa shape index (κ2) is 8.97. The molecule has 3 N–H and O–H groups in total. The Morgan fingerprint density at radius 3 is 2.94 bits per heavy atom. The Bertz CT molecular complexity index is 1130. The van der Waals surface area contributed by atoms with Gasteiger partial charge in [-0.05, 0) is 67.7 Å². The van der Waals surface area contributed by atoms with Crippen LogP contribution >= 0.6 is 15.9 Å². The number of aromatic amines is 1. The molecule has 0 bridgehead atoms. The maximum absolute atomic E-state index is 13.7. The van der Waals surface area contributed by atoms with E-state index in [-0.39, 0.29) is 11.9 Å². The van der Waals surface area contributed by atoms with Crippen LogP contribution in [0.15, 0.2) is 41.1 Å². The van der Waals surface area contributed by atoms with Crippen molar-refractivity contribution in [2.24, 2.45) is 0 Å². The molecule has 0 radical (unpaired) electrons. The van der Waals surface area contributed by atoms with Gasteiger partial charge in [-0.25, -0.2) is 14.2 Å². The zero-order valence-corrected chi connectivity index (χ0v) is 19.9. The van der Waals surface area contributed by atoms with E-state index in [2.05, 4.69) is 41.4 Å². The summed E-state index contributed by atoms with van der Waals surface area (Å²) in [5, 5.41) is 7.20. The third-order valence-electron chi connectivity index (χ3n) is 5.19. The number of carbonyl (C=O) groups is 1. The summed E-state index contributed by atoms with van der Waals surface area (Å²) in [7, 11) is 0. The van der Waals surface area contributed by atoms with Gasteiger partial charge >= 0.3 is 6.09 Å². The number of carbonyl (C=O) groups excluding carboxylic acids is 1. The number of benzene rings is 1. The lowest BCUT2D eigenvalue weighted by molar-refractivity contribution is 0.0500. The first kappa shape index (κ1) is 22.4. The SMILES string of the molecule is CC(C)(C)OC(=O)NC1CCCN(c2c(Br)cnc3[nH]cc(Nc4cccc(F)c4)c23)C1. The molecule has 1 amide bonds. The molecule has 9 heteroatoms. The number of halogens is 2. The third-order valence-corrected chi connectivity index (χ3v) is 5.77. The Morgan fingerprint density at radius 1 is 1.38 bits per heavy atom. The molecular weight excluding hydrogens is 477 g/mol. The summed E-state index contributed by atoms with van der Waals surface area (Å²) in [6, 6.07) is 6.31. The fourth-order valence-corrected chi connectivity index (χ4v) is 4.51. The molecule has 32 heavy (non-hydrogen) atoms. The minimum absolute atomic E-state index is 0.0349. The van der Waals surface area contributed by atoms with Crippen LogP contribution in [0.3, 0.4) is 0 Å². The molecule has 0 aliphatic carbocycles. The second-order valence-electron chi connectivity index (χ2n) is 8.95. The summed E-state index contributed by atoms with van der Waals surface area (Å²) in [5.74, 6) is -0.304. The second-order valence-corrected chi connectivity index (χ2v) is 9.80. The van der Waals surface area contributed by atoms with Crippen molar-refractivity contribution in [3.8, 4) is 0 Å². The van der Waals surface area contributed by atoms with Crippen molar-refractivity contribution in [2.45, 2.75) is 45.3 Å². The quantitative estimate of drug-likeness (QED) is 0.425. The van der Waals surface area contributed by atoms with Crippen LogP contribution in [0.2, 0.25) is 0 Å². The Labute approximate surface area is 194 Å². The van der Waals surface area contributed by atoms with E-state index in [1.54, 1.807) is 12.3 Å². The van der Waals surface area contributed by atoms with Crippen molar-refractivity contribution >= 4 is 50.1 Å². The van der Waals surface area contributed by atoms with Gasteiger partial charge < -0.3 is 25.3 Å². The molecule has 0 spiro atoms. The molecule has 7 nitrogen and oxygen atoms in total. The van der Waals surface area contributed by atoms with Crippen molar-refractivity contribution in [2.75, 3.05) is 23.3 Å². The number of nitrogens with one attached hydrogen (secondary N) is 3. The first-order chi connectivity index (χ1) is 15.2. The number of piperidine rings is 1. The van der Waals surface area contributed by atoms with E-state index in [1.165, 1.54) is 12.1 Å². The van der Waals surface area contributed by atoms with Crippen molar-refractivity contribution in [1.82, 2.24) is 15.3 Å². The molecule has 1 saturated heterocycles. The number of pyridine rings is 1. The molecule has 3 aromatic rings.